The van der Waals surface area contributed by atoms with E-state index < -0.39 is 0 Å². The quantitative estimate of drug-likeness (QED) is 0.665. The number of aldehydes is 1. The molecule has 0 aromatic heterocycles. The van der Waals surface area contributed by atoms with E-state index in [2.05, 4.69) is 24.0 Å². The van der Waals surface area contributed by atoms with Crippen molar-refractivity contribution < 1.29 is 4.79 Å². The second-order valence-electron chi connectivity index (χ2n) is 3.67. The number of carbonyl (C=O) groups excluding carboxylic acids is 1. The molecule has 1 atom stereocenters. The second-order valence-corrected chi connectivity index (χ2v) is 3.67. The van der Waals surface area contributed by atoms with Crippen LogP contribution >= 0.6 is 0 Å². The zero-order valence-corrected chi connectivity index (χ0v) is 8.44. The number of rotatable bonds is 2. The highest BCUT2D eigenvalue weighted by Gasteiger charge is 2.22. The fourth-order valence-corrected chi connectivity index (χ4v) is 2.13. The Morgan fingerprint density at radius 1 is 1.50 bits per heavy atom. The van der Waals surface area contributed by atoms with Gasteiger partial charge in [0, 0.05) is 24.7 Å². The molecule has 0 N–H and O–H groups in total. The molecule has 0 saturated carbocycles. The molecule has 0 amide bonds. The van der Waals surface area contributed by atoms with Gasteiger partial charge >= 0.3 is 0 Å². The van der Waals surface area contributed by atoms with Crippen molar-refractivity contribution in [2.45, 2.75) is 19.3 Å². The lowest BCUT2D eigenvalue weighted by Crippen LogP contribution is -2.31. The Balaban J connectivity index is 2.43. The Labute approximate surface area is 84.5 Å². The lowest BCUT2D eigenvalue weighted by atomic mass is 9.91. The van der Waals surface area contributed by atoms with Crippen LogP contribution < -0.4 is 4.90 Å². The van der Waals surface area contributed by atoms with Gasteiger partial charge in [-0.1, -0.05) is 18.2 Å². The summed E-state index contributed by atoms with van der Waals surface area (Å²) >= 11 is 0. The van der Waals surface area contributed by atoms with Gasteiger partial charge in [0.05, 0.1) is 0 Å². The van der Waals surface area contributed by atoms with Gasteiger partial charge in [0.15, 0.2) is 0 Å². The van der Waals surface area contributed by atoms with E-state index in [1.165, 1.54) is 11.3 Å². The first-order valence-electron chi connectivity index (χ1n) is 5.16. The smallest absolute Gasteiger partial charge is 0.127 e. The first kappa shape index (κ1) is 9.25. The first-order valence-corrected chi connectivity index (χ1v) is 5.16. The number of anilines is 1. The summed E-state index contributed by atoms with van der Waals surface area (Å²) in [5.74, 6) is 0.106. The molecule has 1 aromatic rings. The molecule has 1 aromatic carbocycles. The maximum atomic E-state index is 10.9. The fraction of sp³-hybridized carbons (Fsp3) is 0.417. The monoisotopic (exact) mass is 189 g/mol. The topological polar surface area (TPSA) is 20.3 Å². The van der Waals surface area contributed by atoms with Gasteiger partial charge in [-0.2, -0.15) is 0 Å². The molecular weight excluding hydrogens is 174 g/mol. The molecular formula is C12H15NO. The molecule has 1 heterocycles. The van der Waals surface area contributed by atoms with Crippen molar-refractivity contribution >= 4 is 12.0 Å². The summed E-state index contributed by atoms with van der Waals surface area (Å²) in [6, 6.07) is 8.22. The lowest BCUT2D eigenvalue weighted by Gasteiger charge is -2.32. The van der Waals surface area contributed by atoms with Crippen molar-refractivity contribution in [1.29, 1.82) is 0 Å². The van der Waals surface area contributed by atoms with Crippen LogP contribution in [0.1, 0.15) is 24.8 Å². The van der Waals surface area contributed by atoms with E-state index in [1.54, 1.807) is 0 Å². The van der Waals surface area contributed by atoms with Crippen molar-refractivity contribution in [3.63, 3.8) is 0 Å². The molecule has 0 unspecified atom stereocenters. The van der Waals surface area contributed by atoms with Gasteiger partial charge in [0.25, 0.3) is 0 Å². The SMILES string of the molecule is CCN1CC[C@H](C=O)c2ccccc21. The summed E-state index contributed by atoms with van der Waals surface area (Å²) in [5.41, 5.74) is 2.42. The van der Waals surface area contributed by atoms with Gasteiger partial charge in [-0.3, -0.25) is 0 Å². The molecule has 2 nitrogen and oxygen atoms in total. The van der Waals surface area contributed by atoms with Gasteiger partial charge in [0.2, 0.25) is 0 Å². The standard InChI is InChI=1S/C12H15NO/c1-2-13-8-7-10(9-14)11-5-3-4-6-12(11)13/h3-6,9-10H,2,7-8H2,1H3/t10-/m1/s1. The Morgan fingerprint density at radius 2 is 2.29 bits per heavy atom. The normalized spacial score (nSPS) is 20.4. The molecule has 0 aliphatic carbocycles. The van der Waals surface area contributed by atoms with Crippen LogP contribution in [-0.4, -0.2) is 19.4 Å². The molecule has 0 saturated heterocycles. The van der Waals surface area contributed by atoms with Gasteiger partial charge in [-0.25, -0.2) is 0 Å². The Kier molecular flexibility index (Phi) is 2.53. The van der Waals surface area contributed by atoms with E-state index >= 15 is 0 Å². The molecule has 1 aliphatic rings. The highest BCUT2D eigenvalue weighted by atomic mass is 16.1. The molecule has 0 fully saturated rings. The first-order chi connectivity index (χ1) is 6.86. The van der Waals surface area contributed by atoms with Gasteiger partial charge in [-0.15, -0.1) is 0 Å². The van der Waals surface area contributed by atoms with Crippen LogP contribution in [0.4, 0.5) is 5.69 Å². The van der Waals surface area contributed by atoms with E-state index in [0.717, 1.165) is 25.8 Å². The maximum Gasteiger partial charge on any atom is 0.127 e. The zero-order valence-electron chi connectivity index (χ0n) is 8.44. The number of hydrogen-bond acceptors (Lipinski definition) is 2. The molecule has 74 valence electrons. The minimum atomic E-state index is 0.106. The highest BCUT2D eigenvalue weighted by Crippen LogP contribution is 2.33. The van der Waals surface area contributed by atoms with Crippen molar-refractivity contribution in [1.82, 2.24) is 0 Å². The lowest BCUT2D eigenvalue weighted by molar-refractivity contribution is -0.109. The molecule has 0 spiro atoms. The molecule has 0 bridgehead atoms. The van der Waals surface area contributed by atoms with Crippen molar-refractivity contribution in [3.05, 3.63) is 29.8 Å². The van der Waals surface area contributed by atoms with E-state index in [1.807, 2.05) is 12.1 Å². The summed E-state index contributed by atoms with van der Waals surface area (Å²) in [7, 11) is 0. The van der Waals surface area contributed by atoms with Crippen molar-refractivity contribution in [2.24, 2.45) is 0 Å². The van der Waals surface area contributed by atoms with E-state index in [9.17, 15) is 4.79 Å². The Bertz CT molecular complexity index is 335. The van der Waals surface area contributed by atoms with Gasteiger partial charge in [0.1, 0.15) is 6.29 Å². The predicted molar refractivity (Wildman–Crippen MR) is 57.8 cm³/mol. The van der Waals surface area contributed by atoms with E-state index in [0.29, 0.717) is 0 Å². The second kappa shape index (κ2) is 3.82. The summed E-state index contributed by atoms with van der Waals surface area (Å²) in [6.07, 6.45) is 2.03. The van der Waals surface area contributed by atoms with Crippen molar-refractivity contribution in [2.75, 3.05) is 18.0 Å². The molecule has 2 rings (SSSR count). The number of para-hydroxylation sites is 1. The third-order valence-corrected chi connectivity index (χ3v) is 2.93. The van der Waals surface area contributed by atoms with Crippen LogP contribution in [-0.2, 0) is 4.79 Å². The number of hydrogen-bond donors (Lipinski definition) is 0. The zero-order chi connectivity index (χ0) is 9.97. The molecule has 0 radical (unpaired) electrons. The summed E-state index contributed by atoms with van der Waals surface area (Å²) in [6.45, 7) is 4.16. The fourth-order valence-electron chi connectivity index (χ4n) is 2.13. The predicted octanol–water partition coefficient (Wildman–Crippen LogP) is 2.20. The minimum Gasteiger partial charge on any atom is -0.372 e. The number of nitrogens with zero attached hydrogens (tertiary/aromatic N) is 1. The summed E-state index contributed by atoms with van der Waals surface area (Å²) in [5, 5.41) is 0. The van der Waals surface area contributed by atoms with Crippen LogP contribution in [0, 0.1) is 0 Å². The molecule has 14 heavy (non-hydrogen) atoms. The Morgan fingerprint density at radius 3 is 3.00 bits per heavy atom. The van der Waals surface area contributed by atoms with E-state index in [4.69, 9.17) is 0 Å². The highest BCUT2D eigenvalue weighted by molar-refractivity contribution is 5.70. The Hall–Kier alpha value is -1.31. The van der Waals surface area contributed by atoms with Gasteiger partial charge < -0.3 is 9.69 Å². The van der Waals surface area contributed by atoms with E-state index in [-0.39, 0.29) is 5.92 Å². The van der Waals surface area contributed by atoms with Gasteiger partial charge in [-0.05, 0) is 25.0 Å². The third kappa shape index (κ3) is 1.41. The van der Waals surface area contributed by atoms with Crippen LogP contribution in [0.15, 0.2) is 24.3 Å². The largest absolute Gasteiger partial charge is 0.372 e. The van der Waals surface area contributed by atoms with Crippen LogP contribution in [0.25, 0.3) is 0 Å². The average molecular weight is 189 g/mol. The average Bonchev–Trinajstić information content (AvgIpc) is 2.27. The van der Waals surface area contributed by atoms with Crippen LogP contribution in [0.2, 0.25) is 0 Å². The number of carbonyl (C=O) groups is 1. The third-order valence-electron chi connectivity index (χ3n) is 2.93. The van der Waals surface area contributed by atoms with Crippen molar-refractivity contribution in [3.8, 4) is 0 Å². The summed E-state index contributed by atoms with van der Waals surface area (Å²) < 4.78 is 0. The molecule has 1 aliphatic heterocycles. The van der Waals surface area contributed by atoms with Crippen LogP contribution in [0.5, 0.6) is 0 Å². The van der Waals surface area contributed by atoms with Crippen LogP contribution in [0.3, 0.4) is 0 Å². The summed E-state index contributed by atoms with van der Waals surface area (Å²) in [4.78, 5) is 13.2. The molecule has 2 heteroatoms. The maximum absolute atomic E-state index is 10.9. The minimum absolute atomic E-state index is 0.106. The number of benzene rings is 1. The number of fused-ring (bicyclic) bond motifs is 1.